The molecule has 0 bridgehead atoms. The summed E-state index contributed by atoms with van der Waals surface area (Å²) in [5, 5.41) is 20.7. The van der Waals surface area contributed by atoms with E-state index in [1.807, 2.05) is 25.1 Å². The Morgan fingerprint density at radius 2 is 2.11 bits per heavy atom. The minimum atomic E-state index is 0.0999. The summed E-state index contributed by atoms with van der Waals surface area (Å²) in [5.41, 5.74) is 8.32. The third-order valence-electron chi connectivity index (χ3n) is 2.87. The first-order chi connectivity index (χ1) is 8.51. The van der Waals surface area contributed by atoms with E-state index in [0.29, 0.717) is 18.2 Å². The Labute approximate surface area is 108 Å². The van der Waals surface area contributed by atoms with Gasteiger partial charge in [-0.2, -0.15) is 0 Å². The third kappa shape index (κ3) is 3.13. The molecule has 5 nitrogen and oxygen atoms in total. The second-order valence-electron chi connectivity index (χ2n) is 4.50. The van der Waals surface area contributed by atoms with E-state index in [9.17, 15) is 0 Å². The molecule has 0 heterocycles. The van der Waals surface area contributed by atoms with Crippen LogP contribution >= 0.6 is 0 Å². The summed E-state index contributed by atoms with van der Waals surface area (Å²) in [5.74, 6) is 0.0999. The number of anilines is 1. The van der Waals surface area contributed by atoms with E-state index in [1.165, 1.54) is 0 Å². The Morgan fingerprint density at radius 1 is 1.44 bits per heavy atom. The standard InChI is InChI=1S/C13H21N3O2/c1-9(2)16(6-7-17)12-5-4-11(8-10(12)3)13(14)15-18/h4-5,8-9,17-18H,6-7H2,1-3H3,(H2,14,15). The fourth-order valence-electron chi connectivity index (χ4n) is 1.96. The molecule has 0 unspecified atom stereocenters. The van der Waals surface area contributed by atoms with Crippen LogP contribution in [0.25, 0.3) is 0 Å². The third-order valence-corrected chi connectivity index (χ3v) is 2.87. The molecule has 0 aliphatic rings. The number of nitrogens with two attached hydrogens (primary N) is 1. The zero-order chi connectivity index (χ0) is 13.7. The Balaban J connectivity index is 3.10. The maximum Gasteiger partial charge on any atom is 0.170 e. The first kappa shape index (κ1) is 14.3. The lowest BCUT2D eigenvalue weighted by Gasteiger charge is -2.30. The van der Waals surface area contributed by atoms with Gasteiger partial charge in [0.2, 0.25) is 0 Å². The number of hydrogen-bond acceptors (Lipinski definition) is 4. The molecule has 0 aliphatic carbocycles. The maximum absolute atomic E-state index is 9.10. The summed E-state index contributed by atoms with van der Waals surface area (Å²) < 4.78 is 0. The van der Waals surface area contributed by atoms with Gasteiger partial charge < -0.3 is 20.9 Å². The summed E-state index contributed by atoms with van der Waals surface area (Å²) >= 11 is 0. The smallest absolute Gasteiger partial charge is 0.170 e. The van der Waals surface area contributed by atoms with Gasteiger partial charge in [0.15, 0.2) is 5.84 Å². The van der Waals surface area contributed by atoms with Crippen molar-refractivity contribution in [3.8, 4) is 0 Å². The highest BCUT2D eigenvalue weighted by molar-refractivity contribution is 5.97. The van der Waals surface area contributed by atoms with Crippen molar-refractivity contribution < 1.29 is 10.3 Å². The van der Waals surface area contributed by atoms with Gasteiger partial charge in [-0.05, 0) is 44.5 Å². The number of aliphatic hydroxyl groups is 1. The molecule has 0 fully saturated rings. The van der Waals surface area contributed by atoms with Crippen molar-refractivity contribution in [1.29, 1.82) is 0 Å². The van der Waals surface area contributed by atoms with Gasteiger partial charge in [-0.1, -0.05) is 5.16 Å². The van der Waals surface area contributed by atoms with E-state index < -0.39 is 0 Å². The molecule has 0 radical (unpaired) electrons. The molecular weight excluding hydrogens is 230 g/mol. The number of benzene rings is 1. The Kier molecular flexibility index (Phi) is 4.97. The van der Waals surface area contributed by atoms with Gasteiger partial charge in [0.1, 0.15) is 0 Å². The van der Waals surface area contributed by atoms with Crippen LogP contribution in [0.2, 0.25) is 0 Å². The Morgan fingerprint density at radius 3 is 2.56 bits per heavy atom. The van der Waals surface area contributed by atoms with E-state index in [4.69, 9.17) is 16.0 Å². The molecule has 0 saturated heterocycles. The number of hydrogen-bond donors (Lipinski definition) is 3. The molecule has 0 saturated carbocycles. The SMILES string of the molecule is Cc1cc(/C(N)=N/O)ccc1N(CCO)C(C)C. The molecule has 1 rings (SSSR count). The van der Waals surface area contributed by atoms with Crippen LogP contribution in [0.4, 0.5) is 5.69 Å². The quantitative estimate of drug-likeness (QED) is 0.319. The second kappa shape index (κ2) is 6.26. The highest BCUT2D eigenvalue weighted by Gasteiger charge is 2.13. The van der Waals surface area contributed by atoms with Crippen molar-refractivity contribution in [1.82, 2.24) is 0 Å². The van der Waals surface area contributed by atoms with Gasteiger partial charge in [-0.25, -0.2) is 0 Å². The zero-order valence-electron chi connectivity index (χ0n) is 11.1. The monoisotopic (exact) mass is 251 g/mol. The van der Waals surface area contributed by atoms with Crippen LogP contribution in [0, 0.1) is 6.92 Å². The van der Waals surface area contributed by atoms with Crippen molar-refractivity contribution in [2.45, 2.75) is 26.8 Å². The Hall–Kier alpha value is -1.75. The predicted molar refractivity (Wildman–Crippen MR) is 73.3 cm³/mol. The highest BCUT2D eigenvalue weighted by Crippen LogP contribution is 2.23. The lowest BCUT2D eigenvalue weighted by Crippen LogP contribution is -2.34. The zero-order valence-corrected chi connectivity index (χ0v) is 11.1. The lowest BCUT2D eigenvalue weighted by molar-refractivity contribution is 0.299. The van der Waals surface area contributed by atoms with Gasteiger partial charge in [0, 0.05) is 23.8 Å². The molecule has 100 valence electrons. The average molecular weight is 251 g/mol. The first-order valence-corrected chi connectivity index (χ1v) is 5.97. The van der Waals surface area contributed by atoms with Gasteiger partial charge in [0.25, 0.3) is 0 Å². The molecule has 0 aromatic heterocycles. The molecule has 0 atom stereocenters. The fraction of sp³-hybridized carbons (Fsp3) is 0.462. The van der Waals surface area contributed by atoms with Crippen molar-refractivity contribution in [2.75, 3.05) is 18.1 Å². The normalized spacial score (nSPS) is 11.9. The minimum absolute atomic E-state index is 0.0999. The largest absolute Gasteiger partial charge is 0.409 e. The number of aryl methyl sites for hydroxylation is 1. The van der Waals surface area contributed by atoms with E-state index in [2.05, 4.69) is 23.9 Å². The second-order valence-corrected chi connectivity index (χ2v) is 4.50. The van der Waals surface area contributed by atoms with Crippen molar-refractivity contribution in [3.05, 3.63) is 29.3 Å². The van der Waals surface area contributed by atoms with Crippen LogP contribution in [0.15, 0.2) is 23.4 Å². The maximum atomic E-state index is 9.10. The average Bonchev–Trinajstić information content (AvgIpc) is 2.35. The van der Waals surface area contributed by atoms with Crippen LogP contribution in [0.5, 0.6) is 0 Å². The van der Waals surface area contributed by atoms with Crippen LogP contribution in [-0.4, -0.2) is 35.3 Å². The number of amidine groups is 1. The van der Waals surface area contributed by atoms with E-state index in [-0.39, 0.29) is 12.4 Å². The summed E-state index contributed by atoms with van der Waals surface area (Å²) in [6, 6.07) is 5.91. The number of rotatable bonds is 5. The molecule has 0 amide bonds. The summed E-state index contributed by atoms with van der Waals surface area (Å²) in [6.07, 6.45) is 0. The van der Waals surface area contributed by atoms with Gasteiger partial charge >= 0.3 is 0 Å². The highest BCUT2D eigenvalue weighted by atomic mass is 16.4. The first-order valence-electron chi connectivity index (χ1n) is 5.97. The van der Waals surface area contributed by atoms with Crippen molar-refractivity contribution in [3.63, 3.8) is 0 Å². The van der Waals surface area contributed by atoms with Crippen molar-refractivity contribution in [2.24, 2.45) is 10.9 Å². The number of oxime groups is 1. The number of aliphatic hydroxyl groups excluding tert-OH is 1. The molecule has 4 N–H and O–H groups in total. The summed E-state index contributed by atoms with van der Waals surface area (Å²) in [6.45, 7) is 6.82. The van der Waals surface area contributed by atoms with Crippen LogP contribution in [0.3, 0.4) is 0 Å². The minimum Gasteiger partial charge on any atom is -0.409 e. The van der Waals surface area contributed by atoms with Gasteiger partial charge in [-0.15, -0.1) is 0 Å². The van der Waals surface area contributed by atoms with Gasteiger partial charge in [-0.3, -0.25) is 0 Å². The summed E-state index contributed by atoms with van der Waals surface area (Å²) in [4.78, 5) is 2.12. The van der Waals surface area contributed by atoms with E-state index in [0.717, 1.165) is 11.3 Å². The number of nitrogens with zero attached hydrogens (tertiary/aromatic N) is 2. The molecule has 18 heavy (non-hydrogen) atoms. The van der Waals surface area contributed by atoms with E-state index in [1.54, 1.807) is 0 Å². The topological polar surface area (TPSA) is 82.1 Å². The van der Waals surface area contributed by atoms with Gasteiger partial charge in [0.05, 0.1) is 6.61 Å². The van der Waals surface area contributed by atoms with Crippen molar-refractivity contribution >= 4 is 11.5 Å². The molecule has 0 aliphatic heterocycles. The molecule has 1 aromatic rings. The lowest BCUT2D eigenvalue weighted by atomic mass is 10.1. The van der Waals surface area contributed by atoms with Crippen LogP contribution in [-0.2, 0) is 0 Å². The predicted octanol–water partition coefficient (Wildman–Crippen LogP) is 1.30. The van der Waals surface area contributed by atoms with Crippen LogP contribution < -0.4 is 10.6 Å². The molecule has 5 heteroatoms. The molecule has 1 aromatic carbocycles. The molecule has 0 spiro atoms. The fourth-order valence-corrected chi connectivity index (χ4v) is 1.96. The Bertz CT molecular complexity index is 430. The molecular formula is C13H21N3O2. The summed E-state index contributed by atoms with van der Waals surface area (Å²) in [7, 11) is 0. The van der Waals surface area contributed by atoms with Crippen LogP contribution in [0.1, 0.15) is 25.0 Å². The van der Waals surface area contributed by atoms with E-state index >= 15 is 0 Å².